The number of aromatic nitrogens is 6. The number of hydrogen-bond donors (Lipinski definition) is 3. The summed E-state index contributed by atoms with van der Waals surface area (Å²) in [6.07, 6.45) is 4.27. The maximum absolute atomic E-state index is 4.65. The Hall–Kier alpha value is -2.44. The lowest BCUT2D eigenvalue weighted by atomic mass is 10.4. The predicted octanol–water partition coefficient (Wildman–Crippen LogP) is 1.85. The first-order valence-corrected chi connectivity index (χ1v) is 9.98. The molecule has 0 radical (unpaired) electrons. The molecule has 0 atom stereocenters. The Balaban J connectivity index is 0.00000320. The number of hydrogen-bond acceptors (Lipinski definition) is 6. The summed E-state index contributed by atoms with van der Waals surface area (Å²) in [5, 5.41) is 19.6. The first-order valence-electron chi connectivity index (χ1n) is 9.98. The first-order chi connectivity index (χ1) is 14.1. The van der Waals surface area contributed by atoms with Gasteiger partial charge in [0.05, 0.1) is 17.3 Å². The number of anilines is 1. The van der Waals surface area contributed by atoms with Crippen molar-refractivity contribution < 1.29 is 0 Å². The maximum Gasteiger partial charge on any atom is 0.191 e. The van der Waals surface area contributed by atoms with E-state index in [9.17, 15) is 0 Å². The molecule has 0 unspecified atom stereocenters. The molecule has 0 spiro atoms. The maximum atomic E-state index is 4.65. The lowest BCUT2D eigenvalue weighted by Gasteiger charge is -2.12. The summed E-state index contributed by atoms with van der Waals surface area (Å²) in [6.45, 7) is 10.0. The zero-order valence-electron chi connectivity index (χ0n) is 18.0. The molecule has 3 aromatic heterocycles. The van der Waals surface area contributed by atoms with E-state index in [0.29, 0.717) is 6.54 Å². The Morgan fingerprint density at radius 2 is 2.00 bits per heavy atom. The van der Waals surface area contributed by atoms with Gasteiger partial charge in [-0.05, 0) is 33.3 Å². The van der Waals surface area contributed by atoms with Crippen molar-refractivity contribution in [3.8, 4) is 0 Å². The molecule has 0 bridgehead atoms. The van der Waals surface area contributed by atoms with Gasteiger partial charge in [-0.2, -0.15) is 10.2 Å². The van der Waals surface area contributed by atoms with Crippen LogP contribution in [0, 0.1) is 13.8 Å². The van der Waals surface area contributed by atoms with Gasteiger partial charge in [-0.1, -0.05) is 0 Å². The molecule has 3 rings (SSSR count). The van der Waals surface area contributed by atoms with E-state index in [0.717, 1.165) is 61.1 Å². The van der Waals surface area contributed by atoms with Gasteiger partial charge in [0.25, 0.3) is 0 Å². The fourth-order valence-electron chi connectivity index (χ4n) is 3.12. The SMILES string of the molecule is CCNC(=NCCCn1nc(C)cc1C)NCCNc1ncnc2c1cnn2C.I. The number of halogens is 1. The fraction of sp³-hybridized carbons (Fsp3) is 0.526. The van der Waals surface area contributed by atoms with Crippen LogP contribution in [-0.4, -0.2) is 61.7 Å². The minimum Gasteiger partial charge on any atom is -0.368 e. The van der Waals surface area contributed by atoms with E-state index in [-0.39, 0.29) is 24.0 Å². The number of aryl methyl sites for hydroxylation is 4. The second-order valence-electron chi connectivity index (χ2n) is 6.85. The largest absolute Gasteiger partial charge is 0.368 e. The van der Waals surface area contributed by atoms with Crippen LogP contribution < -0.4 is 16.0 Å². The molecule has 3 aromatic rings. The summed E-state index contributed by atoms with van der Waals surface area (Å²) in [5.41, 5.74) is 3.06. The molecule has 164 valence electrons. The Labute approximate surface area is 194 Å². The summed E-state index contributed by atoms with van der Waals surface area (Å²) >= 11 is 0. The van der Waals surface area contributed by atoms with Crippen LogP contribution in [0.25, 0.3) is 11.0 Å². The molecule has 0 saturated heterocycles. The first kappa shape index (κ1) is 23.8. The van der Waals surface area contributed by atoms with Crippen LogP contribution in [0.5, 0.6) is 0 Å². The van der Waals surface area contributed by atoms with Gasteiger partial charge in [0, 0.05) is 45.5 Å². The second kappa shape index (κ2) is 11.7. The van der Waals surface area contributed by atoms with Crippen molar-refractivity contribution >= 4 is 46.8 Å². The van der Waals surface area contributed by atoms with Gasteiger partial charge < -0.3 is 16.0 Å². The van der Waals surface area contributed by atoms with Crippen molar-refractivity contribution in [2.45, 2.75) is 33.7 Å². The molecule has 0 aliphatic rings. The molecule has 0 aliphatic carbocycles. The molecule has 10 nitrogen and oxygen atoms in total. The van der Waals surface area contributed by atoms with Gasteiger partial charge in [-0.3, -0.25) is 14.4 Å². The lowest BCUT2D eigenvalue weighted by Crippen LogP contribution is -2.39. The van der Waals surface area contributed by atoms with Crippen LogP contribution in [0.15, 0.2) is 23.6 Å². The topological polar surface area (TPSA) is 110 Å². The Morgan fingerprint density at radius 1 is 1.17 bits per heavy atom. The number of fused-ring (bicyclic) bond motifs is 1. The van der Waals surface area contributed by atoms with Crippen molar-refractivity contribution in [1.82, 2.24) is 40.2 Å². The highest BCUT2D eigenvalue weighted by atomic mass is 127. The van der Waals surface area contributed by atoms with Gasteiger partial charge >= 0.3 is 0 Å². The third-order valence-electron chi connectivity index (χ3n) is 4.48. The molecule has 0 saturated carbocycles. The van der Waals surface area contributed by atoms with Crippen LogP contribution in [0.2, 0.25) is 0 Å². The molecular formula is C19H31IN10. The van der Waals surface area contributed by atoms with Crippen molar-refractivity contribution in [3.05, 3.63) is 30.0 Å². The zero-order valence-corrected chi connectivity index (χ0v) is 20.3. The number of aliphatic imine (C=N–C) groups is 1. The Bertz CT molecular complexity index is 962. The minimum absolute atomic E-state index is 0. The molecule has 3 N–H and O–H groups in total. The van der Waals surface area contributed by atoms with Gasteiger partial charge in [-0.15, -0.1) is 24.0 Å². The standard InChI is InChI=1S/C19H30N10.HI/c1-5-20-19(22-7-6-10-29-15(3)11-14(2)27-29)23-9-8-21-17-16-12-26-28(4)18(16)25-13-24-17;/h11-13H,5-10H2,1-4H3,(H2,20,22,23)(H,21,24,25);1H. The van der Waals surface area contributed by atoms with Crippen LogP contribution in [-0.2, 0) is 13.6 Å². The summed E-state index contributed by atoms with van der Waals surface area (Å²) < 4.78 is 3.78. The van der Waals surface area contributed by atoms with Crippen LogP contribution >= 0.6 is 24.0 Å². The van der Waals surface area contributed by atoms with Gasteiger partial charge in [0.1, 0.15) is 12.1 Å². The monoisotopic (exact) mass is 526 g/mol. The summed E-state index contributed by atoms with van der Waals surface area (Å²) in [5.74, 6) is 1.61. The number of rotatable bonds is 9. The Morgan fingerprint density at radius 3 is 2.73 bits per heavy atom. The van der Waals surface area contributed by atoms with E-state index in [1.165, 1.54) is 5.69 Å². The molecule has 0 amide bonds. The molecular weight excluding hydrogens is 495 g/mol. The third-order valence-corrected chi connectivity index (χ3v) is 4.48. The summed E-state index contributed by atoms with van der Waals surface area (Å²) in [6, 6.07) is 2.10. The smallest absolute Gasteiger partial charge is 0.191 e. The Kier molecular flexibility index (Phi) is 9.27. The number of nitrogens with one attached hydrogen (secondary N) is 3. The van der Waals surface area contributed by atoms with Gasteiger partial charge in [0.2, 0.25) is 0 Å². The number of guanidine groups is 1. The highest BCUT2D eigenvalue weighted by Gasteiger charge is 2.07. The highest BCUT2D eigenvalue weighted by molar-refractivity contribution is 14.0. The van der Waals surface area contributed by atoms with Crippen molar-refractivity contribution in [3.63, 3.8) is 0 Å². The zero-order chi connectivity index (χ0) is 20.6. The van der Waals surface area contributed by atoms with Crippen molar-refractivity contribution in [1.29, 1.82) is 0 Å². The lowest BCUT2D eigenvalue weighted by molar-refractivity contribution is 0.567. The third kappa shape index (κ3) is 6.28. The highest BCUT2D eigenvalue weighted by Crippen LogP contribution is 2.16. The van der Waals surface area contributed by atoms with Crippen molar-refractivity contribution in [2.75, 3.05) is 31.5 Å². The molecule has 0 aliphatic heterocycles. The van der Waals surface area contributed by atoms with E-state index >= 15 is 0 Å². The van der Waals surface area contributed by atoms with E-state index in [1.807, 2.05) is 18.7 Å². The van der Waals surface area contributed by atoms with E-state index < -0.39 is 0 Å². The van der Waals surface area contributed by atoms with Crippen LogP contribution in [0.1, 0.15) is 24.7 Å². The van der Waals surface area contributed by atoms with Crippen LogP contribution in [0.3, 0.4) is 0 Å². The van der Waals surface area contributed by atoms with Crippen LogP contribution in [0.4, 0.5) is 5.82 Å². The van der Waals surface area contributed by atoms with E-state index in [1.54, 1.807) is 17.2 Å². The molecule has 11 heteroatoms. The molecule has 3 heterocycles. The summed E-state index contributed by atoms with van der Waals surface area (Å²) in [7, 11) is 1.87. The fourth-order valence-corrected chi connectivity index (χ4v) is 3.12. The average Bonchev–Trinajstić information content (AvgIpc) is 3.24. The predicted molar refractivity (Wildman–Crippen MR) is 131 cm³/mol. The quantitative estimate of drug-likeness (QED) is 0.169. The summed E-state index contributed by atoms with van der Waals surface area (Å²) in [4.78, 5) is 13.2. The molecule has 0 fully saturated rings. The normalized spacial score (nSPS) is 11.4. The van der Waals surface area contributed by atoms with E-state index in [4.69, 9.17) is 0 Å². The minimum atomic E-state index is 0. The van der Waals surface area contributed by atoms with Crippen molar-refractivity contribution in [2.24, 2.45) is 12.0 Å². The van der Waals surface area contributed by atoms with Gasteiger partial charge in [-0.25, -0.2) is 9.97 Å². The van der Waals surface area contributed by atoms with Gasteiger partial charge in [0.15, 0.2) is 11.6 Å². The second-order valence-corrected chi connectivity index (χ2v) is 6.85. The molecule has 30 heavy (non-hydrogen) atoms. The average molecular weight is 526 g/mol. The molecule has 0 aromatic carbocycles. The van der Waals surface area contributed by atoms with E-state index in [2.05, 4.69) is 61.0 Å². The number of nitrogens with zero attached hydrogens (tertiary/aromatic N) is 7.